The summed E-state index contributed by atoms with van der Waals surface area (Å²) < 4.78 is 6.51. The third-order valence-electron chi connectivity index (χ3n) is 3.56. The summed E-state index contributed by atoms with van der Waals surface area (Å²) in [6.07, 6.45) is -0.803. The first-order chi connectivity index (χ1) is 12.0. The number of hydrogen-bond donors (Lipinski definition) is 0. The fourth-order valence-corrected chi connectivity index (χ4v) is 2.67. The van der Waals surface area contributed by atoms with E-state index in [1.54, 1.807) is 44.2 Å². The molecule has 130 valence electrons. The molecule has 0 aliphatic rings. The van der Waals surface area contributed by atoms with Crippen LogP contribution in [0.1, 0.15) is 13.8 Å². The monoisotopic (exact) mass is 378 g/mol. The Morgan fingerprint density at radius 1 is 1.16 bits per heavy atom. The average Bonchev–Trinajstić information content (AvgIpc) is 2.93. The highest BCUT2D eigenvalue weighted by Gasteiger charge is 2.21. The zero-order valence-electron chi connectivity index (χ0n) is 13.7. The standard InChI is InChI=1S/C18H16Cl2N2O3/c1-3-24-18(23)11(2)25-22-16-10-14(20)8-9-15(16)21-17(22)12-4-6-13(19)7-5-12/h4-11H,3H2,1-2H3. The lowest BCUT2D eigenvalue weighted by Crippen LogP contribution is -2.32. The fourth-order valence-electron chi connectivity index (χ4n) is 2.38. The summed E-state index contributed by atoms with van der Waals surface area (Å²) in [7, 11) is 0. The minimum Gasteiger partial charge on any atom is -0.463 e. The van der Waals surface area contributed by atoms with Crippen molar-refractivity contribution in [3.8, 4) is 11.4 Å². The first-order valence-electron chi connectivity index (χ1n) is 7.77. The third-order valence-corrected chi connectivity index (χ3v) is 4.05. The molecular weight excluding hydrogens is 363 g/mol. The van der Waals surface area contributed by atoms with Crippen molar-refractivity contribution < 1.29 is 14.4 Å². The molecule has 0 radical (unpaired) electrons. The molecule has 0 fully saturated rings. The third kappa shape index (κ3) is 3.72. The van der Waals surface area contributed by atoms with Crippen molar-refractivity contribution in [2.24, 2.45) is 0 Å². The van der Waals surface area contributed by atoms with Gasteiger partial charge < -0.3 is 9.57 Å². The molecule has 2 aromatic carbocycles. The van der Waals surface area contributed by atoms with Crippen LogP contribution in [0.2, 0.25) is 10.0 Å². The number of fused-ring (bicyclic) bond motifs is 1. The molecule has 1 atom stereocenters. The van der Waals surface area contributed by atoms with Crippen LogP contribution in [0.15, 0.2) is 42.5 Å². The second kappa shape index (κ2) is 7.33. The average molecular weight is 379 g/mol. The number of carbonyl (C=O) groups excluding carboxylic acids is 1. The van der Waals surface area contributed by atoms with Crippen molar-refractivity contribution in [2.75, 3.05) is 6.61 Å². The van der Waals surface area contributed by atoms with Gasteiger partial charge in [-0.25, -0.2) is 9.78 Å². The molecule has 1 unspecified atom stereocenters. The summed E-state index contributed by atoms with van der Waals surface area (Å²) >= 11 is 12.1. The largest absolute Gasteiger partial charge is 0.463 e. The van der Waals surface area contributed by atoms with E-state index in [1.807, 2.05) is 12.1 Å². The molecule has 25 heavy (non-hydrogen) atoms. The summed E-state index contributed by atoms with van der Waals surface area (Å²) in [5.41, 5.74) is 2.16. The lowest BCUT2D eigenvalue weighted by Gasteiger charge is -2.16. The Morgan fingerprint density at radius 2 is 1.84 bits per heavy atom. The zero-order chi connectivity index (χ0) is 18.0. The van der Waals surface area contributed by atoms with Gasteiger partial charge in [0.05, 0.1) is 12.1 Å². The van der Waals surface area contributed by atoms with Crippen LogP contribution in [0, 0.1) is 0 Å². The Hall–Kier alpha value is -2.24. The number of nitrogens with zero attached hydrogens (tertiary/aromatic N) is 2. The van der Waals surface area contributed by atoms with E-state index in [0.717, 1.165) is 5.56 Å². The first kappa shape index (κ1) is 17.6. The fraction of sp³-hybridized carbons (Fsp3) is 0.222. The number of rotatable bonds is 5. The molecule has 0 spiro atoms. The molecule has 3 aromatic rings. The molecule has 7 heteroatoms. The quantitative estimate of drug-likeness (QED) is 0.617. The molecule has 1 heterocycles. The first-order valence-corrected chi connectivity index (χ1v) is 8.53. The molecule has 1 aromatic heterocycles. The van der Waals surface area contributed by atoms with E-state index in [-0.39, 0.29) is 6.61 Å². The highest BCUT2D eigenvalue weighted by molar-refractivity contribution is 6.31. The van der Waals surface area contributed by atoms with Crippen molar-refractivity contribution in [1.82, 2.24) is 9.71 Å². The van der Waals surface area contributed by atoms with Gasteiger partial charge in [0.2, 0.25) is 6.10 Å². The Morgan fingerprint density at radius 3 is 2.52 bits per heavy atom. The van der Waals surface area contributed by atoms with E-state index < -0.39 is 12.1 Å². The number of imidazole rings is 1. The van der Waals surface area contributed by atoms with Crippen LogP contribution in [0.4, 0.5) is 0 Å². The van der Waals surface area contributed by atoms with Crippen LogP contribution in [-0.4, -0.2) is 28.4 Å². The Bertz CT molecular complexity index is 907. The van der Waals surface area contributed by atoms with Crippen LogP contribution in [0.5, 0.6) is 0 Å². The Balaban J connectivity index is 2.09. The highest BCUT2D eigenvalue weighted by Crippen LogP contribution is 2.27. The molecule has 3 rings (SSSR count). The molecule has 0 bridgehead atoms. The van der Waals surface area contributed by atoms with Gasteiger partial charge in [-0.05, 0) is 56.3 Å². The molecule has 0 aliphatic heterocycles. The summed E-state index contributed by atoms with van der Waals surface area (Å²) in [4.78, 5) is 22.4. The number of halogens is 2. The summed E-state index contributed by atoms with van der Waals surface area (Å²) in [6, 6.07) is 12.5. The Kier molecular flexibility index (Phi) is 5.16. The van der Waals surface area contributed by atoms with E-state index >= 15 is 0 Å². The lowest BCUT2D eigenvalue weighted by atomic mass is 10.2. The van der Waals surface area contributed by atoms with Crippen molar-refractivity contribution in [2.45, 2.75) is 20.0 Å². The van der Waals surface area contributed by atoms with Crippen molar-refractivity contribution >= 4 is 40.2 Å². The SMILES string of the molecule is CCOC(=O)C(C)On1c(-c2ccc(Cl)cc2)nc2ccc(Cl)cc21. The predicted molar refractivity (Wildman–Crippen MR) is 97.9 cm³/mol. The molecule has 0 saturated heterocycles. The number of benzene rings is 2. The van der Waals surface area contributed by atoms with Gasteiger partial charge in [0.25, 0.3) is 0 Å². The van der Waals surface area contributed by atoms with Crippen LogP contribution in [0.25, 0.3) is 22.4 Å². The van der Waals surface area contributed by atoms with E-state index in [1.165, 1.54) is 4.73 Å². The number of ether oxygens (including phenoxy) is 1. The molecular formula is C18H16Cl2N2O3. The minimum absolute atomic E-state index is 0.285. The summed E-state index contributed by atoms with van der Waals surface area (Å²) in [5, 5.41) is 1.17. The maximum atomic E-state index is 11.9. The second-order valence-corrected chi connectivity index (χ2v) is 6.24. The van der Waals surface area contributed by atoms with Crippen molar-refractivity contribution in [3.05, 3.63) is 52.5 Å². The van der Waals surface area contributed by atoms with Gasteiger partial charge in [-0.1, -0.05) is 23.2 Å². The summed E-state index contributed by atoms with van der Waals surface area (Å²) in [6.45, 7) is 3.66. The second-order valence-electron chi connectivity index (χ2n) is 5.37. The van der Waals surface area contributed by atoms with E-state index in [2.05, 4.69) is 4.98 Å². The number of hydrogen-bond acceptors (Lipinski definition) is 4. The zero-order valence-corrected chi connectivity index (χ0v) is 15.2. The normalized spacial score (nSPS) is 12.2. The molecule has 0 amide bonds. The van der Waals surface area contributed by atoms with E-state index in [9.17, 15) is 4.79 Å². The predicted octanol–water partition coefficient (Wildman–Crippen LogP) is 4.39. The minimum atomic E-state index is -0.803. The van der Waals surface area contributed by atoms with Gasteiger partial charge in [-0.2, -0.15) is 4.73 Å². The van der Waals surface area contributed by atoms with Gasteiger partial charge >= 0.3 is 5.97 Å². The van der Waals surface area contributed by atoms with Crippen LogP contribution in [-0.2, 0) is 9.53 Å². The number of aromatic nitrogens is 2. The summed E-state index contributed by atoms with van der Waals surface area (Å²) in [5.74, 6) is 0.0958. The number of carbonyl (C=O) groups is 1. The van der Waals surface area contributed by atoms with Crippen molar-refractivity contribution in [3.63, 3.8) is 0 Å². The van der Waals surface area contributed by atoms with Gasteiger partial charge in [0, 0.05) is 15.6 Å². The smallest absolute Gasteiger partial charge is 0.349 e. The van der Waals surface area contributed by atoms with Gasteiger partial charge in [-0.15, -0.1) is 0 Å². The van der Waals surface area contributed by atoms with Gasteiger partial charge in [0.15, 0.2) is 5.82 Å². The molecule has 0 N–H and O–H groups in total. The number of esters is 1. The lowest BCUT2D eigenvalue weighted by molar-refractivity contribution is -0.155. The topological polar surface area (TPSA) is 53.4 Å². The maximum Gasteiger partial charge on any atom is 0.349 e. The van der Waals surface area contributed by atoms with Crippen LogP contribution >= 0.6 is 23.2 Å². The highest BCUT2D eigenvalue weighted by atomic mass is 35.5. The van der Waals surface area contributed by atoms with E-state index in [4.69, 9.17) is 32.8 Å². The van der Waals surface area contributed by atoms with Crippen LogP contribution in [0.3, 0.4) is 0 Å². The molecule has 0 aliphatic carbocycles. The molecule has 5 nitrogen and oxygen atoms in total. The van der Waals surface area contributed by atoms with Crippen molar-refractivity contribution in [1.29, 1.82) is 0 Å². The van der Waals surface area contributed by atoms with E-state index in [0.29, 0.717) is 26.9 Å². The Labute approximate surface area is 155 Å². The van der Waals surface area contributed by atoms with Gasteiger partial charge in [-0.3, -0.25) is 0 Å². The van der Waals surface area contributed by atoms with Crippen LogP contribution < -0.4 is 4.84 Å². The van der Waals surface area contributed by atoms with Gasteiger partial charge in [0.1, 0.15) is 5.52 Å². The molecule has 0 saturated carbocycles. The maximum absolute atomic E-state index is 11.9.